The molecule has 0 spiro atoms. The summed E-state index contributed by atoms with van der Waals surface area (Å²) < 4.78 is 1.96. The Balaban J connectivity index is 2.74. The summed E-state index contributed by atoms with van der Waals surface area (Å²) in [5, 5.41) is 4.29. The highest BCUT2D eigenvalue weighted by Gasteiger charge is 2.27. The van der Waals surface area contributed by atoms with Gasteiger partial charge in [0.2, 0.25) is 0 Å². The van der Waals surface area contributed by atoms with Gasteiger partial charge in [-0.3, -0.25) is 4.68 Å². The van der Waals surface area contributed by atoms with Crippen LogP contribution in [0.2, 0.25) is 0 Å². The van der Waals surface area contributed by atoms with E-state index >= 15 is 0 Å². The SMILES string of the molecule is CCn1cc(CC(C)(CN)C(C)C)cn1. The minimum Gasteiger partial charge on any atom is -0.330 e. The van der Waals surface area contributed by atoms with Crippen LogP contribution in [0.1, 0.15) is 33.3 Å². The lowest BCUT2D eigenvalue weighted by Crippen LogP contribution is -2.34. The average Bonchev–Trinajstić information content (AvgIpc) is 2.65. The van der Waals surface area contributed by atoms with Gasteiger partial charge in [-0.2, -0.15) is 5.10 Å². The Labute approximate surface area is 92.7 Å². The van der Waals surface area contributed by atoms with Gasteiger partial charge in [-0.05, 0) is 36.8 Å². The van der Waals surface area contributed by atoms with Crippen LogP contribution in [0.3, 0.4) is 0 Å². The molecule has 1 atom stereocenters. The first kappa shape index (κ1) is 12.2. The zero-order valence-electron chi connectivity index (χ0n) is 10.3. The van der Waals surface area contributed by atoms with Crippen LogP contribution in [-0.4, -0.2) is 16.3 Å². The fourth-order valence-electron chi connectivity index (χ4n) is 1.65. The number of hydrogen-bond donors (Lipinski definition) is 1. The number of aromatic nitrogens is 2. The highest BCUT2D eigenvalue weighted by Crippen LogP contribution is 2.29. The smallest absolute Gasteiger partial charge is 0.0521 e. The van der Waals surface area contributed by atoms with E-state index in [0.717, 1.165) is 19.5 Å². The summed E-state index contributed by atoms with van der Waals surface area (Å²) in [6.07, 6.45) is 5.09. The Morgan fingerprint density at radius 3 is 2.60 bits per heavy atom. The maximum absolute atomic E-state index is 5.87. The van der Waals surface area contributed by atoms with Gasteiger partial charge in [-0.15, -0.1) is 0 Å². The van der Waals surface area contributed by atoms with E-state index in [1.165, 1.54) is 5.56 Å². The third-order valence-electron chi connectivity index (χ3n) is 3.48. The molecule has 3 heteroatoms. The summed E-state index contributed by atoms with van der Waals surface area (Å²) in [6, 6.07) is 0. The van der Waals surface area contributed by atoms with E-state index in [1.807, 2.05) is 10.9 Å². The number of aryl methyl sites for hydroxylation is 1. The third-order valence-corrected chi connectivity index (χ3v) is 3.48. The molecule has 0 bridgehead atoms. The molecule has 0 amide bonds. The van der Waals surface area contributed by atoms with Gasteiger partial charge >= 0.3 is 0 Å². The van der Waals surface area contributed by atoms with Crippen LogP contribution in [0.5, 0.6) is 0 Å². The Hall–Kier alpha value is -0.830. The molecule has 86 valence electrons. The standard InChI is InChI=1S/C12H23N3/c1-5-15-8-11(7-14-15)6-12(4,9-13)10(2)3/h7-8,10H,5-6,9,13H2,1-4H3. The third kappa shape index (κ3) is 2.81. The fraction of sp³-hybridized carbons (Fsp3) is 0.750. The van der Waals surface area contributed by atoms with Gasteiger partial charge in [0, 0.05) is 12.7 Å². The van der Waals surface area contributed by atoms with Gasteiger partial charge in [0.1, 0.15) is 0 Å². The lowest BCUT2D eigenvalue weighted by atomic mass is 9.75. The van der Waals surface area contributed by atoms with Crippen LogP contribution in [0, 0.1) is 11.3 Å². The quantitative estimate of drug-likeness (QED) is 0.806. The van der Waals surface area contributed by atoms with Crippen molar-refractivity contribution in [2.75, 3.05) is 6.54 Å². The van der Waals surface area contributed by atoms with Crippen molar-refractivity contribution in [3.63, 3.8) is 0 Å². The van der Waals surface area contributed by atoms with Gasteiger partial charge in [-0.25, -0.2) is 0 Å². The molecule has 3 nitrogen and oxygen atoms in total. The van der Waals surface area contributed by atoms with Crippen LogP contribution < -0.4 is 5.73 Å². The molecule has 1 unspecified atom stereocenters. The van der Waals surface area contributed by atoms with Crippen molar-refractivity contribution in [1.29, 1.82) is 0 Å². The first-order chi connectivity index (χ1) is 7.01. The normalized spacial score (nSPS) is 15.6. The predicted octanol–water partition coefficient (Wildman–Crippen LogP) is 2.07. The molecule has 0 aromatic carbocycles. The molecule has 1 aromatic rings. The van der Waals surface area contributed by atoms with E-state index in [1.54, 1.807) is 0 Å². The van der Waals surface area contributed by atoms with Crippen LogP contribution in [0.4, 0.5) is 0 Å². The first-order valence-electron chi connectivity index (χ1n) is 5.73. The van der Waals surface area contributed by atoms with Crippen molar-refractivity contribution in [2.45, 2.75) is 40.7 Å². The molecule has 2 N–H and O–H groups in total. The topological polar surface area (TPSA) is 43.8 Å². The molecule has 0 radical (unpaired) electrons. The van der Waals surface area contributed by atoms with Gasteiger partial charge in [-0.1, -0.05) is 20.8 Å². The maximum atomic E-state index is 5.87. The Morgan fingerprint density at radius 1 is 1.53 bits per heavy atom. The number of nitrogens with zero attached hydrogens (tertiary/aromatic N) is 2. The lowest BCUT2D eigenvalue weighted by Gasteiger charge is -2.32. The van der Waals surface area contributed by atoms with Crippen molar-refractivity contribution in [1.82, 2.24) is 9.78 Å². The minimum atomic E-state index is 0.182. The molecule has 15 heavy (non-hydrogen) atoms. The lowest BCUT2D eigenvalue weighted by molar-refractivity contribution is 0.227. The van der Waals surface area contributed by atoms with E-state index < -0.39 is 0 Å². The Morgan fingerprint density at radius 2 is 2.20 bits per heavy atom. The van der Waals surface area contributed by atoms with Crippen molar-refractivity contribution in [3.8, 4) is 0 Å². The zero-order valence-corrected chi connectivity index (χ0v) is 10.3. The Kier molecular flexibility index (Phi) is 3.91. The molecule has 0 aliphatic rings. The van der Waals surface area contributed by atoms with Gasteiger partial charge in [0.25, 0.3) is 0 Å². The fourth-order valence-corrected chi connectivity index (χ4v) is 1.65. The second-order valence-electron chi connectivity index (χ2n) is 4.89. The van der Waals surface area contributed by atoms with Crippen LogP contribution >= 0.6 is 0 Å². The molecule has 0 fully saturated rings. The molecular weight excluding hydrogens is 186 g/mol. The summed E-state index contributed by atoms with van der Waals surface area (Å²) in [6.45, 7) is 10.5. The zero-order chi connectivity index (χ0) is 11.5. The van der Waals surface area contributed by atoms with Gasteiger partial charge < -0.3 is 5.73 Å². The second kappa shape index (κ2) is 4.79. The number of rotatable bonds is 5. The van der Waals surface area contributed by atoms with E-state index in [0.29, 0.717) is 5.92 Å². The van der Waals surface area contributed by atoms with Crippen LogP contribution in [0.15, 0.2) is 12.4 Å². The van der Waals surface area contributed by atoms with E-state index in [2.05, 4.69) is 39.0 Å². The maximum Gasteiger partial charge on any atom is 0.0521 e. The average molecular weight is 209 g/mol. The molecule has 0 aliphatic carbocycles. The molecule has 0 aliphatic heterocycles. The molecule has 0 saturated heterocycles. The predicted molar refractivity (Wildman–Crippen MR) is 63.6 cm³/mol. The van der Waals surface area contributed by atoms with Gasteiger partial charge in [0.05, 0.1) is 6.20 Å². The minimum absolute atomic E-state index is 0.182. The summed E-state index contributed by atoms with van der Waals surface area (Å²) in [5.41, 5.74) is 7.34. The summed E-state index contributed by atoms with van der Waals surface area (Å²) >= 11 is 0. The first-order valence-corrected chi connectivity index (χ1v) is 5.73. The van der Waals surface area contributed by atoms with Gasteiger partial charge in [0.15, 0.2) is 0 Å². The van der Waals surface area contributed by atoms with Crippen molar-refractivity contribution in [3.05, 3.63) is 18.0 Å². The largest absolute Gasteiger partial charge is 0.330 e. The highest BCUT2D eigenvalue weighted by molar-refractivity contribution is 5.08. The molecule has 0 saturated carbocycles. The number of hydrogen-bond acceptors (Lipinski definition) is 2. The van der Waals surface area contributed by atoms with Crippen LogP contribution in [-0.2, 0) is 13.0 Å². The number of nitrogens with two attached hydrogens (primary N) is 1. The van der Waals surface area contributed by atoms with E-state index in [-0.39, 0.29) is 5.41 Å². The molecule has 1 rings (SSSR count). The van der Waals surface area contributed by atoms with Crippen molar-refractivity contribution < 1.29 is 0 Å². The highest BCUT2D eigenvalue weighted by atomic mass is 15.3. The molecular formula is C12H23N3. The second-order valence-corrected chi connectivity index (χ2v) is 4.89. The van der Waals surface area contributed by atoms with E-state index in [4.69, 9.17) is 5.73 Å². The molecule has 1 aromatic heterocycles. The van der Waals surface area contributed by atoms with Crippen molar-refractivity contribution in [2.24, 2.45) is 17.1 Å². The summed E-state index contributed by atoms with van der Waals surface area (Å²) in [4.78, 5) is 0. The summed E-state index contributed by atoms with van der Waals surface area (Å²) in [5.74, 6) is 0.590. The van der Waals surface area contributed by atoms with Crippen LogP contribution in [0.25, 0.3) is 0 Å². The Bertz CT molecular complexity index is 304. The van der Waals surface area contributed by atoms with E-state index in [9.17, 15) is 0 Å². The van der Waals surface area contributed by atoms with Crippen molar-refractivity contribution >= 4 is 0 Å². The summed E-state index contributed by atoms with van der Waals surface area (Å²) in [7, 11) is 0. The molecule has 1 heterocycles. The monoisotopic (exact) mass is 209 g/mol.